The SMILES string of the molecule is O=C1C(=Cc2cc(O)c(O)c(O)c2)COc2cc(O)ccc21. The van der Waals surface area contributed by atoms with Crippen LogP contribution in [0.3, 0.4) is 0 Å². The van der Waals surface area contributed by atoms with E-state index in [4.69, 9.17) is 4.74 Å². The Labute approximate surface area is 125 Å². The summed E-state index contributed by atoms with van der Waals surface area (Å²) >= 11 is 0. The Morgan fingerprint density at radius 2 is 1.68 bits per heavy atom. The number of hydrogen-bond donors (Lipinski definition) is 4. The molecule has 0 aromatic heterocycles. The van der Waals surface area contributed by atoms with Gasteiger partial charge in [0, 0.05) is 11.6 Å². The van der Waals surface area contributed by atoms with E-state index in [0.29, 0.717) is 22.4 Å². The molecule has 112 valence electrons. The highest BCUT2D eigenvalue weighted by molar-refractivity contribution is 6.14. The Balaban J connectivity index is 2.00. The summed E-state index contributed by atoms with van der Waals surface area (Å²) in [7, 11) is 0. The number of aromatic hydroxyl groups is 4. The normalized spacial score (nSPS) is 15.5. The molecule has 22 heavy (non-hydrogen) atoms. The molecule has 6 heteroatoms. The van der Waals surface area contributed by atoms with Crippen molar-refractivity contribution in [1.82, 2.24) is 0 Å². The van der Waals surface area contributed by atoms with Crippen molar-refractivity contribution in [2.24, 2.45) is 0 Å². The third-order valence-electron chi connectivity index (χ3n) is 3.32. The molecule has 0 atom stereocenters. The monoisotopic (exact) mass is 300 g/mol. The third-order valence-corrected chi connectivity index (χ3v) is 3.32. The van der Waals surface area contributed by atoms with Gasteiger partial charge in [0.15, 0.2) is 23.0 Å². The van der Waals surface area contributed by atoms with E-state index < -0.39 is 17.2 Å². The second kappa shape index (κ2) is 5.00. The molecule has 0 aliphatic carbocycles. The topological polar surface area (TPSA) is 107 Å². The lowest BCUT2D eigenvalue weighted by molar-refractivity contribution is 0.100. The van der Waals surface area contributed by atoms with E-state index in [-0.39, 0.29) is 18.1 Å². The van der Waals surface area contributed by atoms with Gasteiger partial charge in [-0.1, -0.05) is 0 Å². The van der Waals surface area contributed by atoms with Crippen molar-refractivity contribution in [3.8, 4) is 28.7 Å². The zero-order valence-corrected chi connectivity index (χ0v) is 11.3. The van der Waals surface area contributed by atoms with Crippen LogP contribution >= 0.6 is 0 Å². The predicted molar refractivity (Wildman–Crippen MR) is 77.3 cm³/mol. The van der Waals surface area contributed by atoms with Crippen molar-refractivity contribution >= 4 is 11.9 Å². The van der Waals surface area contributed by atoms with Crippen molar-refractivity contribution in [3.63, 3.8) is 0 Å². The first-order valence-corrected chi connectivity index (χ1v) is 6.41. The van der Waals surface area contributed by atoms with E-state index >= 15 is 0 Å². The molecule has 4 N–H and O–H groups in total. The number of rotatable bonds is 1. The van der Waals surface area contributed by atoms with Gasteiger partial charge in [-0.2, -0.15) is 0 Å². The number of phenolic OH excluding ortho intramolecular Hbond substituents is 4. The Hall–Kier alpha value is -3.15. The fourth-order valence-electron chi connectivity index (χ4n) is 2.23. The molecular weight excluding hydrogens is 288 g/mol. The number of fused-ring (bicyclic) bond motifs is 1. The number of carbonyl (C=O) groups is 1. The number of carbonyl (C=O) groups excluding carboxylic acids is 1. The van der Waals surface area contributed by atoms with Crippen molar-refractivity contribution in [2.45, 2.75) is 0 Å². The summed E-state index contributed by atoms with van der Waals surface area (Å²) in [5.74, 6) is -1.55. The smallest absolute Gasteiger partial charge is 0.200 e. The molecule has 3 rings (SSSR count). The molecule has 6 nitrogen and oxygen atoms in total. The van der Waals surface area contributed by atoms with Gasteiger partial charge >= 0.3 is 0 Å². The Morgan fingerprint density at radius 1 is 1.00 bits per heavy atom. The van der Waals surface area contributed by atoms with Gasteiger partial charge in [-0.05, 0) is 35.9 Å². The van der Waals surface area contributed by atoms with Crippen molar-refractivity contribution in [1.29, 1.82) is 0 Å². The molecule has 1 aliphatic heterocycles. The van der Waals surface area contributed by atoms with Crippen LogP contribution in [0.25, 0.3) is 6.08 Å². The van der Waals surface area contributed by atoms with E-state index in [1.165, 1.54) is 36.4 Å². The second-order valence-corrected chi connectivity index (χ2v) is 4.88. The molecule has 0 unspecified atom stereocenters. The van der Waals surface area contributed by atoms with Crippen molar-refractivity contribution < 1.29 is 30.0 Å². The molecule has 2 aromatic rings. The molecule has 1 aliphatic rings. The maximum absolute atomic E-state index is 12.4. The van der Waals surface area contributed by atoms with E-state index in [1.807, 2.05) is 0 Å². The maximum Gasteiger partial charge on any atom is 0.200 e. The number of ketones is 1. The van der Waals surface area contributed by atoms with Gasteiger partial charge in [-0.15, -0.1) is 0 Å². The van der Waals surface area contributed by atoms with Gasteiger partial charge in [-0.3, -0.25) is 4.79 Å². The van der Waals surface area contributed by atoms with Crippen LogP contribution in [0.4, 0.5) is 0 Å². The number of benzene rings is 2. The molecule has 0 saturated carbocycles. The predicted octanol–water partition coefficient (Wildman–Crippen LogP) is 2.17. The van der Waals surface area contributed by atoms with E-state index in [1.54, 1.807) is 0 Å². The minimum absolute atomic E-state index is 0.00229. The lowest BCUT2D eigenvalue weighted by atomic mass is 9.98. The van der Waals surface area contributed by atoms with Crippen LogP contribution in [-0.4, -0.2) is 32.8 Å². The first kappa shape index (κ1) is 13.8. The third kappa shape index (κ3) is 2.31. The first-order valence-electron chi connectivity index (χ1n) is 6.41. The van der Waals surface area contributed by atoms with E-state index in [9.17, 15) is 25.2 Å². The molecule has 2 aromatic carbocycles. The Kier molecular flexibility index (Phi) is 3.14. The van der Waals surface area contributed by atoms with Crippen LogP contribution in [0.2, 0.25) is 0 Å². The van der Waals surface area contributed by atoms with Gasteiger partial charge in [0.05, 0.1) is 5.56 Å². The number of phenols is 4. The lowest BCUT2D eigenvalue weighted by Crippen LogP contribution is -2.18. The minimum atomic E-state index is -0.616. The molecule has 0 bridgehead atoms. The largest absolute Gasteiger partial charge is 0.508 e. The first-order chi connectivity index (χ1) is 10.5. The van der Waals surface area contributed by atoms with Gasteiger partial charge < -0.3 is 25.2 Å². The Morgan fingerprint density at radius 3 is 2.36 bits per heavy atom. The number of Topliss-reactive ketones (excluding diaryl/α,β-unsaturated/α-hetero) is 1. The fourth-order valence-corrected chi connectivity index (χ4v) is 2.23. The van der Waals surface area contributed by atoms with Crippen LogP contribution in [-0.2, 0) is 0 Å². The Bertz CT molecular complexity index is 783. The van der Waals surface area contributed by atoms with E-state index in [2.05, 4.69) is 0 Å². The van der Waals surface area contributed by atoms with E-state index in [0.717, 1.165) is 0 Å². The highest BCUT2D eigenvalue weighted by Gasteiger charge is 2.23. The molecule has 0 fully saturated rings. The average molecular weight is 300 g/mol. The van der Waals surface area contributed by atoms with Crippen LogP contribution in [0.5, 0.6) is 28.7 Å². The highest BCUT2D eigenvalue weighted by atomic mass is 16.5. The zero-order chi connectivity index (χ0) is 15.9. The van der Waals surface area contributed by atoms with Gasteiger partial charge in [0.25, 0.3) is 0 Å². The number of hydrogen-bond acceptors (Lipinski definition) is 6. The van der Waals surface area contributed by atoms with Crippen LogP contribution in [0.15, 0.2) is 35.9 Å². The summed E-state index contributed by atoms with van der Waals surface area (Å²) in [5, 5.41) is 37.6. The van der Waals surface area contributed by atoms with Gasteiger partial charge in [0.1, 0.15) is 18.1 Å². The second-order valence-electron chi connectivity index (χ2n) is 4.88. The van der Waals surface area contributed by atoms with Crippen LogP contribution < -0.4 is 4.74 Å². The van der Waals surface area contributed by atoms with Crippen molar-refractivity contribution in [3.05, 3.63) is 47.0 Å². The number of ether oxygens (including phenoxy) is 1. The van der Waals surface area contributed by atoms with Gasteiger partial charge in [-0.25, -0.2) is 0 Å². The molecular formula is C16H12O6. The van der Waals surface area contributed by atoms with Crippen molar-refractivity contribution in [2.75, 3.05) is 6.61 Å². The van der Waals surface area contributed by atoms with Crippen LogP contribution in [0.1, 0.15) is 15.9 Å². The summed E-state index contributed by atoms with van der Waals surface area (Å²) in [6, 6.07) is 6.67. The minimum Gasteiger partial charge on any atom is -0.508 e. The fraction of sp³-hybridized carbons (Fsp3) is 0.0625. The maximum atomic E-state index is 12.4. The van der Waals surface area contributed by atoms with Gasteiger partial charge in [0.2, 0.25) is 0 Å². The lowest BCUT2D eigenvalue weighted by Gasteiger charge is -2.19. The summed E-state index contributed by atoms with van der Waals surface area (Å²) in [4.78, 5) is 12.4. The summed E-state index contributed by atoms with van der Waals surface area (Å²) < 4.78 is 5.42. The molecule has 1 heterocycles. The van der Waals surface area contributed by atoms with Crippen LogP contribution in [0, 0.1) is 0 Å². The highest BCUT2D eigenvalue weighted by Crippen LogP contribution is 2.37. The average Bonchev–Trinajstić information content (AvgIpc) is 2.47. The standard InChI is InChI=1S/C16H12O6/c17-10-1-2-11-14(6-10)22-7-9(15(11)20)3-8-4-12(18)16(21)13(19)5-8/h1-6,17-19,21H,7H2. The zero-order valence-electron chi connectivity index (χ0n) is 11.3. The molecule has 0 spiro atoms. The molecule has 0 radical (unpaired) electrons. The quantitative estimate of drug-likeness (QED) is 0.475. The summed E-state index contributed by atoms with van der Waals surface area (Å²) in [5.41, 5.74) is 0.993. The summed E-state index contributed by atoms with van der Waals surface area (Å²) in [6.45, 7) is -0.00229. The molecule has 0 amide bonds. The molecule has 0 saturated heterocycles. The summed E-state index contributed by atoms with van der Waals surface area (Å²) in [6.07, 6.45) is 1.46.